The zero-order chi connectivity index (χ0) is 17.0. The van der Waals surface area contributed by atoms with Crippen molar-refractivity contribution in [2.75, 3.05) is 19.7 Å². The number of halogens is 3. The lowest BCUT2D eigenvalue weighted by molar-refractivity contribution is -0.157. The average molecular weight is 343 g/mol. The Labute approximate surface area is 135 Å². The summed E-state index contributed by atoms with van der Waals surface area (Å²) < 4.78 is 47.5. The van der Waals surface area contributed by atoms with Crippen LogP contribution in [0.2, 0.25) is 0 Å². The Morgan fingerprint density at radius 1 is 1.21 bits per heavy atom. The van der Waals surface area contributed by atoms with Gasteiger partial charge in [0.2, 0.25) is 11.8 Å². The highest BCUT2D eigenvalue weighted by molar-refractivity contribution is 5.01. The Balaban J connectivity index is 1.43. The molecule has 0 spiro atoms. The maximum atomic E-state index is 12.4. The van der Waals surface area contributed by atoms with Gasteiger partial charge in [0, 0.05) is 12.4 Å². The van der Waals surface area contributed by atoms with Gasteiger partial charge in [-0.25, -0.2) is 4.98 Å². The maximum Gasteiger partial charge on any atom is 0.470 e. The van der Waals surface area contributed by atoms with Gasteiger partial charge < -0.3 is 9.15 Å². The highest BCUT2D eigenvalue weighted by Crippen LogP contribution is 2.28. The van der Waals surface area contributed by atoms with Crippen molar-refractivity contribution >= 4 is 0 Å². The number of rotatable bonds is 5. The standard InChI is InChI=1S/C14H16F3N5O2/c15-14(16,17)13-21-20-12(24-13)8-22-5-1-10(2-6-22)9-23-11-7-18-3-4-19-11/h3-4,7,10H,1-2,5-6,8-9H2. The third kappa shape index (κ3) is 4.40. The van der Waals surface area contributed by atoms with Gasteiger partial charge in [-0.15, -0.1) is 10.2 Å². The molecule has 7 nitrogen and oxygen atoms in total. The zero-order valence-electron chi connectivity index (χ0n) is 12.7. The Hall–Kier alpha value is -2.23. The van der Waals surface area contributed by atoms with E-state index in [1.54, 1.807) is 18.6 Å². The third-order valence-electron chi connectivity index (χ3n) is 3.78. The Kier molecular flexibility index (Phi) is 4.93. The summed E-state index contributed by atoms with van der Waals surface area (Å²) >= 11 is 0. The first-order valence-electron chi connectivity index (χ1n) is 7.51. The average Bonchev–Trinajstić information content (AvgIpc) is 3.04. The monoisotopic (exact) mass is 343 g/mol. The predicted octanol–water partition coefficient (Wildman–Crippen LogP) is 2.17. The number of likely N-dealkylation sites (tertiary alicyclic amines) is 1. The van der Waals surface area contributed by atoms with Gasteiger partial charge in [-0.1, -0.05) is 0 Å². The molecule has 0 bridgehead atoms. The van der Waals surface area contributed by atoms with Crippen molar-refractivity contribution in [3.05, 3.63) is 30.4 Å². The molecule has 24 heavy (non-hydrogen) atoms. The fourth-order valence-electron chi connectivity index (χ4n) is 2.50. The minimum Gasteiger partial charge on any atom is -0.476 e. The molecule has 2 aromatic heterocycles. The second-order valence-corrected chi connectivity index (χ2v) is 5.57. The summed E-state index contributed by atoms with van der Waals surface area (Å²) in [6.45, 7) is 2.24. The topological polar surface area (TPSA) is 77.2 Å². The van der Waals surface area contributed by atoms with Crippen molar-refractivity contribution in [3.8, 4) is 5.88 Å². The quantitative estimate of drug-likeness (QED) is 0.823. The summed E-state index contributed by atoms with van der Waals surface area (Å²) in [5, 5.41) is 6.48. The van der Waals surface area contributed by atoms with Crippen molar-refractivity contribution in [3.63, 3.8) is 0 Å². The first kappa shape index (κ1) is 16.6. The lowest BCUT2D eigenvalue weighted by Crippen LogP contribution is -2.35. The first-order valence-corrected chi connectivity index (χ1v) is 7.51. The van der Waals surface area contributed by atoms with Gasteiger partial charge in [-0.2, -0.15) is 13.2 Å². The Bertz CT molecular complexity index is 641. The molecule has 0 amide bonds. The van der Waals surface area contributed by atoms with Crippen molar-refractivity contribution in [1.29, 1.82) is 0 Å². The summed E-state index contributed by atoms with van der Waals surface area (Å²) in [6.07, 6.45) is 1.85. The number of aromatic nitrogens is 4. The number of hydrogen-bond acceptors (Lipinski definition) is 7. The van der Waals surface area contributed by atoms with Crippen LogP contribution in [0.5, 0.6) is 5.88 Å². The first-order chi connectivity index (χ1) is 11.5. The van der Waals surface area contributed by atoms with Crippen LogP contribution in [0.3, 0.4) is 0 Å². The number of nitrogens with zero attached hydrogens (tertiary/aromatic N) is 5. The van der Waals surface area contributed by atoms with E-state index in [0.717, 1.165) is 25.9 Å². The summed E-state index contributed by atoms with van der Waals surface area (Å²) in [4.78, 5) is 9.96. The molecular weight excluding hydrogens is 327 g/mol. The summed E-state index contributed by atoms with van der Waals surface area (Å²) in [5.41, 5.74) is 0. The van der Waals surface area contributed by atoms with Crippen LogP contribution in [0.4, 0.5) is 13.2 Å². The predicted molar refractivity (Wildman–Crippen MR) is 74.8 cm³/mol. The van der Waals surface area contributed by atoms with Gasteiger partial charge in [0.1, 0.15) is 0 Å². The van der Waals surface area contributed by atoms with E-state index < -0.39 is 12.1 Å². The van der Waals surface area contributed by atoms with E-state index in [2.05, 4.69) is 24.6 Å². The molecule has 130 valence electrons. The Morgan fingerprint density at radius 3 is 2.62 bits per heavy atom. The van der Waals surface area contributed by atoms with Crippen LogP contribution < -0.4 is 4.74 Å². The smallest absolute Gasteiger partial charge is 0.470 e. The zero-order valence-corrected chi connectivity index (χ0v) is 12.7. The number of hydrogen-bond donors (Lipinski definition) is 0. The van der Waals surface area contributed by atoms with Crippen molar-refractivity contribution < 1.29 is 22.3 Å². The highest BCUT2D eigenvalue weighted by atomic mass is 19.4. The number of alkyl halides is 3. The fourth-order valence-corrected chi connectivity index (χ4v) is 2.50. The van der Waals surface area contributed by atoms with Crippen LogP contribution in [0.15, 0.2) is 23.0 Å². The molecule has 1 saturated heterocycles. The van der Waals surface area contributed by atoms with E-state index >= 15 is 0 Å². The molecule has 1 aliphatic heterocycles. The van der Waals surface area contributed by atoms with Gasteiger partial charge in [0.15, 0.2) is 0 Å². The minimum absolute atomic E-state index is 0.0171. The second kappa shape index (κ2) is 7.12. The van der Waals surface area contributed by atoms with Gasteiger partial charge in [0.05, 0.1) is 19.3 Å². The third-order valence-corrected chi connectivity index (χ3v) is 3.78. The van der Waals surface area contributed by atoms with E-state index in [4.69, 9.17) is 4.74 Å². The lowest BCUT2D eigenvalue weighted by atomic mass is 9.98. The molecule has 0 radical (unpaired) electrons. The normalized spacial score (nSPS) is 17.1. The molecule has 3 rings (SSSR count). The van der Waals surface area contributed by atoms with Crippen LogP contribution >= 0.6 is 0 Å². The highest BCUT2D eigenvalue weighted by Gasteiger charge is 2.38. The van der Waals surface area contributed by atoms with Gasteiger partial charge in [0.25, 0.3) is 0 Å². The van der Waals surface area contributed by atoms with Crippen LogP contribution in [-0.4, -0.2) is 44.8 Å². The maximum absolute atomic E-state index is 12.4. The molecule has 0 aromatic carbocycles. The Morgan fingerprint density at radius 2 is 2.00 bits per heavy atom. The molecule has 1 fully saturated rings. The second-order valence-electron chi connectivity index (χ2n) is 5.57. The van der Waals surface area contributed by atoms with Crippen LogP contribution in [0.1, 0.15) is 24.6 Å². The van der Waals surface area contributed by atoms with Crippen molar-refractivity contribution in [2.45, 2.75) is 25.6 Å². The van der Waals surface area contributed by atoms with E-state index in [-0.39, 0.29) is 12.4 Å². The van der Waals surface area contributed by atoms with Crippen LogP contribution in [-0.2, 0) is 12.7 Å². The largest absolute Gasteiger partial charge is 0.476 e. The van der Waals surface area contributed by atoms with Crippen LogP contribution in [0, 0.1) is 5.92 Å². The summed E-state index contributed by atoms with van der Waals surface area (Å²) in [5.74, 6) is -0.455. The molecule has 3 heterocycles. The fraction of sp³-hybridized carbons (Fsp3) is 0.571. The number of piperidine rings is 1. The van der Waals surface area contributed by atoms with Gasteiger partial charge >= 0.3 is 12.1 Å². The molecule has 1 aliphatic rings. The molecule has 0 saturated carbocycles. The lowest BCUT2D eigenvalue weighted by Gasteiger charge is -2.30. The van der Waals surface area contributed by atoms with E-state index in [1.165, 1.54) is 0 Å². The van der Waals surface area contributed by atoms with Gasteiger partial charge in [-0.3, -0.25) is 9.88 Å². The molecule has 0 unspecified atom stereocenters. The molecule has 0 N–H and O–H groups in total. The van der Waals surface area contributed by atoms with E-state index in [9.17, 15) is 13.2 Å². The molecular formula is C14H16F3N5O2. The SMILES string of the molecule is FC(F)(F)c1nnc(CN2CCC(COc3cnccn3)CC2)o1. The van der Waals surface area contributed by atoms with Crippen molar-refractivity contribution in [1.82, 2.24) is 25.1 Å². The van der Waals surface area contributed by atoms with Crippen molar-refractivity contribution in [2.24, 2.45) is 5.92 Å². The molecule has 0 atom stereocenters. The summed E-state index contributed by atoms with van der Waals surface area (Å²) in [7, 11) is 0. The minimum atomic E-state index is -4.60. The molecule has 0 aliphatic carbocycles. The van der Waals surface area contributed by atoms with E-state index in [1.807, 2.05) is 4.90 Å². The summed E-state index contributed by atoms with van der Waals surface area (Å²) in [6, 6.07) is 0. The number of ether oxygens (including phenoxy) is 1. The van der Waals surface area contributed by atoms with Gasteiger partial charge in [-0.05, 0) is 31.8 Å². The molecule has 2 aromatic rings. The van der Waals surface area contributed by atoms with E-state index in [0.29, 0.717) is 18.4 Å². The van der Waals surface area contributed by atoms with Crippen LogP contribution in [0.25, 0.3) is 0 Å². The molecule has 10 heteroatoms.